The molecule has 0 radical (unpaired) electrons. The topological polar surface area (TPSA) is 67.2 Å². The lowest BCUT2D eigenvalue weighted by atomic mass is 10.2. The van der Waals surface area contributed by atoms with Gasteiger partial charge in [-0.15, -0.1) is 0 Å². The first kappa shape index (κ1) is 21.7. The number of nitrogens with one attached hydrogen (secondary N) is 1. The Morgan fingerprint density at radius 2 is 1.91 bits per heavy atom. The maximum Gasteiger partial charge on any atom is 0.246 e. The van der Waals surface area contributed by atoms with Gasteiger partial charge in [0.1, 0.15) is 12.4 Å². The number of carbonyl (C=O) groups excluding carboxylic acids is 2. The Hall–Kier alpha value is -3.48. The second kappa shape index (κ2) is 8.94. The molecule has 1 aromatic heterocycles. The zero-order valence-electron chi connectivity index (χ0n) is 18.5. The molecule has 0 saturated heterocycles. The van der Waals surface area contributed by atoms with Crippen LogP contribution in [0.2, 0.25) is 0 Å². The molecule has 7 heteroatoms. The summed E-state index contributed by atoms with van der Waals surface area (Å²) in [6, 6.07) is 14.6. The van der Waals surface area contributed by atoms with Crippen LogP contribution in [0.3, 0.4) is 0 Å². The molecular formula is C25H27FN4O2. The number of aromatic nitrogens is 2. The predicted molar refractivity (Wildman–Crippen MR) is 122 cm³/mol. The summed E-state index contributed by atoms with van der Waals surface area (Å²) in [5.41, 5.74) is 2.62. The largest absolute Gasteiger partial charge is 0.330 e. The van der Waals surface area contributed by atoms with E-state index in [4.69, 9.17) is 0 Å². The van der Waals surface area contributed by atoms with Crippen LogP contribution in [0.25, 0.3) is 16.9 Å². The fourth-order valence-electron chi connectivity index (χ4n) is 3.57. The van der Waals surface area contributed by atoms with Crippen molar-refractivity contribution in [3.63, 3.8) is 0 Å². The molecule has 0 unspecified atom stereocenters. The molecule has 1 aliphatic carbocycles. The third-order valence-electron chi connectivity index (χ3n) is 5.54. The SMILES string of the molecule is Cc1ccc(-n2cc(-c3ccccc3)nc2NC(=O)CN(C(=O)C(C)C)C2CC2)cc1F. The summed E-state index contributed by atoms with van der Waals surface area (Å²) in [7, 11) is 0. The van der Waals surface area contributed by atoms with E-state index in [1.807, 2.05) is 44.2 Å². The van der Waals surface area contributed by atoms with E-state index < -0.39 is 0 Å². The minimum absolute atomic E-state index is 0.0303. The average molecular weight is 435 g/mol. The van der Waals surface area contributed by atoms with Gasteiger partial charge in [0, 0.05) is 23.7 Å². The highest BCUT2D eigenvalue weighted by Gasteiger charge is 2.34. The summed E-state index contributed by atoms with van der Waals surface area (Å²) in [6.07, 6.45) is 3.61. The van der Waals surface area contributed by atoms with Crippen LogP contribution in [0.4, 0.5) is 10.3 Å². The Balaban J connectivity index is 1.64. The average Bonchev–Trinajstić information content (AvgIpc) is 3.54. The zero-order chi connectivity index (χ0) is 22.8. The van der Waals surface area contributed by atoms with E-state index in [1.54, 1.807) is 34.7 Å². The van der Waals surface area contributed by atoms with Crippen LogP contribution >= 0.6 is 0 Å². The number of amides is 2. The molecule has 32 heavy (non-hydrogen) atoms. The molecule has 0 bridgehead atoms. The van der Waals surface area contributed by atoms with Gasteiger partial charge in [0.25, 0.3) is 0 Å². The number of carbonyl (C=O) groups is 2. The zero-order valence-corrected chi connectivity index (χ0v) is 18.5. The Bertz CT molecular complexity index is 1140. The fraction of sp³-hybridized carbons (Fsp3) is 0.320. The molecule has 3 aromatic rings. The van der Waals surface area contributed by atoms with Gasteiger partial charge in [0.15, 0.2) is 0 Å². The van der Waals surface area contributed by atoms with E-state index in [-0.39, 0.29) is 42.1 Å². The van der Waals surface area contributed by atoms with Gasteiger partial charge in [-0.3, -0.25) is 19.5 Å². The summed E-state index contributed by atoms with van der Waals surface area (Å²) < 4.78 is 15.9. The Morgan fingerprint density at radius 3 is 2.53 bits per heavy atom. The summed E-state index contributed by atoms with van der Waals surface area (Å²) in [6.45, 7) is 5.33. The lowest BCUT2D eigenvalue weighted by molar-refractivity contribution is -0.138. The van der Waals surface area contributed by atoms with Gasteiger partial charge in [-0.1, -0.05) is 50.2 Å². The van der Waals surface area contributed by atoms with Crippen molar-refractivity contribution in [1.82, 2.24) is 14.5 Å². The van der Waals surface area contributed by atoms with Gasteiger partial charge in [0.2, 0.25) is 17.8 Å². The molecule has 1 fully saturated rings. The highest BCUT2D eigenvalue weighted by atomic mass is 19.1. The van der Waals surface area contributed by atoms with Crippen molar-refractivity contribution >= 4 is 17.8 Å². The second-order valence-corrected chi connectivity index (χ2v) is 8.52. The first-order chi connectivity index (χ1) is 15.3. The maximum atomic E-state index is 14.3. The third-order valence-corrected chi connectivity index (χ3v) is 5.54. The molecule has 4 rings (SSSR count). The first-order valence-electron chi connectivity index (χ1n) is 10.8. The quantitative estimate of drug-likeness (QED) is 0.592. The minimum atomic E-state index is -0.336. The van der Waals surface area contributed by atoms with E-state index in [9.17, 15) is 14.0 Å². The van der Waals surface area contributed by atoms with Crippen molar-refractivity contribution in [3.8, 4) is 16.9 Å². The van der Waals surface area contributed by atoms with Gasteiger partial charge in [0.05, 0.1) is 11.4 Å². The lowest BCUT2D eigenvalue weighted by Gasteiger charge is -2.23. The smallest absolute Gasteiger partial charge is 0.246 e. The molecule has 1 N–H and O–H groups in total. The number of hydrogen-bond donors (Lipinski definition) is 1. The Labute approximate surface area is 187 Å². The van der Waals surface area contributed by atoms with Gasteiger partial charge in [-0.2, -0.15) is 0 Å². The van der Waals surface area contributed by atoms with Crippen LogP contribution in [0.1, 0.15) is 32.3 Å². The van der Waals surface area contributed by atoms with Crippen LogP contribution in [-0.4, -0.2) is 38.9 Å². The number of benzene rings is 2. The van der Waals surface area contributed by atoms with Crippen LogP contribution in [-0.2, 0) is 9.59 Å². The van der Waals surface area contributed by atoms with E-state index in [0.29, 0.717) is 16.9 Å². The standard InChI is InChI=1S/C25H27FN4O2/c1-16(2)24(32)29(19-11-12-19)15-23(31)28-25-27-22(18-7-5-4-6-8-18)14-30(25)20-10-9-17(3)21(26)13-20/h4-10,13-14,16,19H,11-12,15H2,1-3H3,(H,27,28,31). The predicted octanol–water partition coefficient (Wildman–Crippen LogP) is 4.57. The van der Waals surface area contributed by atoms with Crippen molar-refractivity contribution in [2.45, 2.75) is 39.7 Å². The first-order valence-corrected chi connectivity index (χ1v) is 10.8. The minimum Gasteiger partial charge on any atom is -0.330 e. The summed E-state index contributed by atoms with van der Waals surface area (Å²) in [4.78, 5) is 31.7. The summed E-state index contributed by atoms with van der Waals surface area (Å²) >= 11 is 0. The summed E-state index contributed by atoms with van der Waals surface area (Å²) in [5.74, 6) is -0.589. The van der Waals surface area contributed by atoms with Crippen molar-refractivity contribution in [3.05, 3.63) is 66.1 Å². The highest BCUT2D eigenvalue weighted by Crippen LogP contribution is 2.29. The lowest BCUT2D eigenvalue weighted by Crippen LogP contribution is -2.41. The van der Waals surface area contributed by atoms with Gasteiger partial charge < -0.3 is 4.90 Å². The van der Waals surface area contributed by atoms with E-state index >= 15 is 0 Å². The molecule has 2 aromatic carbocycles. The van der Waals surface area contributed by atoms with E-state index in [2.05, 4.69) is 10.3 Å². The highest BCUT2D eigenvalue weighted by molar-refractivity contribution is 5.94. The monoisotopic (exact) mass is 434 g/mol. The van der Waals surface area contributed by atoms with Crippen molar-refractivity contribution in [1.29, 1.82) is 0 Å². The normalized spacial score (nSPS) is 13.3. The fourth-order valence-corrected chi connectivity index (χ4v) is 3.57. The number of imidazole rings is 1. The van der Waals surface area contributed by atoms with E-state index in [0.717, 1.165) is 18.4 Å². The molecule has 1 aliphatic rings. The van der Waals surface area contributed by atoms with Crippen molar-refractivity contribution < 1.29 is 14.0 Å². The number of hydrogen-bond acceptors (Lipinski definition) is 3. The van der Waals surface area contributed by atoms with Crippen molar-refractivity contribution in [2.24, 2.45) is 5.92 Å². The van der Waals surface area contributed by atoms with Crippen molar-refractivity contribution in [2.75, 3.05) is 11.9 Å². The van der Waals surface area contributed by atoms with Gasteiger partial charge >= 0.3 is 0 Å². The van der Waals surface area contributed by atoms with Gasteiger partial charge in [-0.25, -0.2) is 9.37 Å². The van der Waals surface area contributed by atoms with Crippen LogP contribution in [0.5, 0.6) is 0 Å². The molecule has 166 valence electrons. The molecule has 2 amide bonds. The number of aryl methyl sites for hydroxylation is 1. The molecule has 1 heterocycles. The molecule has 0 aliphatic heterocycles. The number of halogens is 1. The molecule has 1 saturated carbocycles. The Morgan fingerprint density at radius 1 is 1.19 bits per heavy atom. The third kappa shape index (κ3) is 4.72. The molecule has 0 spiro atoms. The number of anilines is 1. The molecule has 6 nitrogen and oxygen atoms in total. The van der Waals surface area contributed by atoms with Crippen LogP contribution < -0.4 is 5.32 Å². The van der Waals surface area contributed by atoms with Crippen LogP contribution in [0, 0.1) is 18.7 Å². The second-order valence-electron chi connectivity index (χ2n) is 8.52. The van der Waals surface area contributed by atoms with Crippen LogP contribution in [0.15, 0.2) is 54.7 Å². The maximum absolute atomic E-state index is 14.3. The number of nitrogens with zero attached hydrogens (tertiary/aromatic N) is 3. The summed E-state index contributed by atoms with van der Waals surface area (Å²) in [5, 5.41) is 2.84. The molecule has 0 atom stereocenters. The van der Waals surface area contributed by atoms with E-state index in [1.165, 1.54) is 6.07 Å². The van der Waals surface area contributed by atoms with Gasteiger partial charge in [-0.05, 0) is 37.5 Å². The Kier molecular flexibility index (Phi) is 6.08. The molecular weight excluding hydrogens is 407 g/mol. The number of rotatable bonds is 7.